The molecule has 2 heterocycles. The summed E-state index contributed by atoms with van der Waals surface area (Å²) in [5.74, 6) is -0.506. The van der Waals surface area contributed by atoms with Crippen molar-refractivity contribution < 1.29 is 9.59 Å². The lowest BCUT2D eigenvalue weighted by atomic mass is 9.97. The lowest BCUT2D eigenvalue weighted by molar-refractivity contribution is -0.121. The predicted octanol–water partition coefficient (Wildman–Crippen LogP) is 5.48. The second-order valence-corrected chi connectivity index (χ2v) is 10.0. The minimum absolute atomic E-state index is 0.0585. The zero-order valence-corrected chi connectivity index (χ0v) is 20.5. The number of nitrogens with zero attached hydrogens (tertiary/aromatic N) is 3. The molecule has 0 saturated carbocycles. The number of amides is 2. The maximum atomic E-state index is 12.7. The fourth-order valence-electron chi connectivity index (χ4n) is 4.16. The molecule has 0 spiro atoms. The van der Waals surface area contributed by atoms with Gasteiger partial charge in [-0.3, -0.25) is 9.59 Å². The Morgan fingerprint density at radius 1 is 0.971 bits per heavy atom. The van der Waals surface area contributed by atoms with Crippen LogP contribution in [0.15, 0.2) is 89.0 Å². The fourth-order valence-corrected chi connectivity index (χ4v) is 5.22. The van der Waals surface area contributed by atoms with Crippen LogP contribution in [0.5, 0.6) is 0 Å². The molecule has 3 aromatic carbocycles. The van der Waals surface area contributed by atoms with E-state index in [1.165, 1.54) is 22.9 Å². The summed E-state index contributed by atoms with van der Waals surface area (Å²) >= 11 is 1.31. The monoisotopic (exact) mass is 482 g/mol. The van der Waals surface area contributed by atoms with Crippen molar-refractivity contribution in [1.29, 1.82) is 0 Å². The number of para-hydroxylation sites is 1. The molecule has 0 radical (unpaired) electrons. The highest BCUT2D eigenvalue weighted by Gasteiger charge is 2.39. The van der Waals surface area contributed by atoms with Crippen LogP contribution in [0.4, 0.5) is 5.69 Å². The Morgan fingerprint density at radius 3 is 2.31 bits per heavy atom. The van der Waals surface area contributed by atoms with Gasteiger partial charge in [0.1, 0.15) is 5.25 Å². The van der Waals surface area contributed by atoms with E-state index in [0.717, 1.165) is 16.8 Å². The number of benzene rings is 3. The highest BCUT2D eigenvalue weighted by atomic mass is 32.2. The van der Waals surface area contributed by atoms with Crippen LogP contribution in [0.2, 0.25) is 0 Å². The summed E-state index contributed by atoms with van der Waals surface area (Å²) in [4.78, 5) is 29.6. The first kappa shape index (κ1) is 23.1. The summed E-state index contributed by atoms with van der Waals surface area (Å²) in [5, 5.41) is 9.60. The van der Waals surface area contributed by atoms with Gasteiger partial charge in [-0.2, -0.15) is 10.1 Å². The van der Waals surface area contributed by atoms with Gasteiger partial charge < -0.3 is 5.32 Å². The Labute approximate surface area is 209 Å². The molecule has 2 amide bonds. The smallest absolute Gasteiger partial charge is 0.262 e. The molecule has 35 heavy (non-hydrogen) atoms. The van der Waals surface area contributed by atoms with E-state index < -0.39 is 5.25 Å². The van der Waals surface area contributed by atoms with Crippen LogP contribution < -0.4 is 5.32 Å². The number of thioether (sulfide) groups is 1. The average Bonchev–Trinajstić information content (AvgIpc) is 3.45. The lowest BCUT2D eigenvalue weighted by Gasteiger charge is -2.23. The number of aryl methyl sites for hydroxylation is 2. The molecule has 1 N–H and O–H groups in total. The van der Waals surface area contributed by atoms with Crippen molar-refractivity contribution in [3.8, 4) is 0 Å². The number of carbonyl (C=O) groups is 2. The van der Waals surface area contributed by atoms with Crippen molar-refractivity contribution in [3.05, 3.63) is 101 Å². The third-order valence-corrected chi connectivity index (χ3v) is 7.25. The quantitative estimate of drug-likeness (QED) is 0.523. The van der Waals surface area contributed by atoms with Crippen molar-refractivity contribution in [1.82, 2.24) is 5.01 Å². The van der Waals surface area contributed by atoms with E-state index >= 15 is 0 Å². The largest absolute Gasteiger partial charge is 0.326 e. The number of hydrogen-bond donors (Lipinski definition) is 1. The molecule has 7 heteroatoms. The molecular weight excluding hydrogens is 456 g/mol. The zero-order valence-electron chi connectivity index (χ0n) is 19.6. The molecule has 0 aliphatic carbocycles. The van der Waals surface area contributed by atoms with Crippen molar-refractivity contribution in [2.24, 2.45) is 10.1 Å². The maximum absolute atomic E-state index is 12.7. The Morgan fingerprint density at radius 2 is 1.63 bits per heavy atom. The third-order valence-electron chi connectivity index (χ3n) is 6.11. The Kier molecular flexibility index (Phi) is 6.51. The van der Waals surface area contributed by atoms with Crippen molar-refractivity contribution in [2.75, 3.05) is 5.32 Å². The van der Waals surface area contributed by atoms with Gasteiger partial charge in [-0.05, 0) is 37.1 Å². The van der Waals surface area contributed by atoms with Gasteiger partial charge in [0.15, 0.2) is 5.17 Å². The number of aliphatic imine (C=N–C) groups is 1. The predicted molar refractivity (Wildman–Crippen MR) is 142 cm³/mol. The van der Waals surface area contributed by atoms with E-state index in [-0.39, 0.29) is 24.3 Å². The Balaban J connectivity index is 1.36. The molecule has 176 valence electrons. The fraction of sp³-hybridized carbons (Fsp3) is 0.214. The summed E-state index contributed by atoms with van der Waals surface area (Å²) in [6.45, 7) is 4.12. The summed E-state index contributed by atoms with van der Waals surface area (Å²) in [6, 6.07) is 25.9. The Hall–Kier alpha value is -3.71. The van der Waals surface area contributed by atoms with Crippen LogP contribution in [-0.4, -0.2) is 33.0 Å². The van der Waals surface area contributed by atoms with Gasteiger partial charge in [-0.1, -0.05) is 89.6 Å². The SMILES string of the molecule is Cc1ccc(C2=NN(C3=NC(=O)[C@H](CC(=O)Nc4ccccc4)S3)[C@H](c3ccc(C)cc3)C2)cc1. The highest BCUT2D eigenvalue weighted by Crippen LogP contribution is 2.38. The van der Waals surface area contributed by atoms with Crippen LogP contribution in [-0.2, 0) is 9.59 Å². The van der Waals surface area contributed by atoms with Crippen LogP contribution in [0.25, 0.3) is 0 Å². The van der Waals surface area contributed by atoms with Crippen LogP contribution >= 0.6 is 11.8 Å². The summed E-state index contributed by atoms with van der Waals surface area (Å²) in [5.41, 5.74) is 6.21. The molecule has 0 aromatic heterocycles. The normalized spacial score (nSPS) is 19.5. The standard InChI is InChI=1S/C28H26N4O2S/c1-18-8-12-20(13-9-18)23-16-24(21-14-10-19(2)11-15-21)32(31-23)28-30-27(34)25(35-28)17-26(33)29-22-6-4-3-5-7-22/h3-15,24-25H,16-17H2,1-2H3,(H,29,33)/t24-,25-/m0/s1. The van der Waals surface area contributed by atoms with E-state index in [1.807, 2.05) is 35.3 Å². The van der Waals surface area contributed by atoms with Gasteiger partial charge in [-0.15, -0.1) is 0 Å². The average molecular weight is 483 g/mol. The molecule has 2 aliphatic heterocycles. The highest BCUT2D eigenvalue weighted by molar-refractivity contribution is 8.15. The van der Waals surface area contributed by atoms with E-state index in [9.17, 15) is 9.59 Å². The van der Waals surface area contributed by atoms with E-state index in [1.54, 1.807) is 0 Å². The van der Waals surface area contributed by atoms with Gasteiger partial charge >= 0.3 is 0 Å². The van der Waals surface area contributed by atoms with Gasteiger partial charge in [0, 0.05) is 18.5 Å². The van der Waals surface area contributed by atoms with Crippen molar-refractivity contribution >= 4 is 40.1 Å². The Bertz CT molecular complexity index is 1300. The number of rotatable bonds is 5. The maximum Gasteiger partial charge on any atom is 0.262 e. The molecular formula is C28H26N4O2S. The molecule has 0 unspecified atom stereocenters. The first-order chi connectivity index (χ1) is 17.0. The summed E-state index contributed by atoms with van der Waals surface area (Å²) in [7, 11) is 0. The topological polar surface area (TPSA) is 74.1 Å². The third kappa shape index (κ3) is 5.20. The number of hydrazone groups is 1. The molecule has 3 aromatic rings. The number of anilines is 1. The minimum atomic E-state index is -0.564. The van der Waals surface area contributed by atoms with Gasteiger partial charge in [0.2, 0.25) is 5.91 Å². The van der Waals surface area contributed by atoms with Crippen LogP contribution in [0, 0.1) is 13.8 Å². The molecule has 6 nitrogen and oxygen atoms in total. The van der Waals surface area contributed by atoms with E-state index in [4.69, 9.17) is 5.10 Å². The summed E-state index contributed by atoms with van der Waals surface area (Å²) in [6.07, 6.45) is 0.766. The molecule has 0 saturated heterocycles. The summed E-state index contributed by atoms with van der Waals surface area (Å²) < 4.78 is 0. The van der Waals surface area contributed by atoms with Crippen molar-refractivity contribution in [2.45, 2.75) is 38.0 Å². The molecule has 0 bridgehead atoms. The van der Waals surface area contributed by atoms with E-state index in [2.05, 4.69) is 72.7 Å². The number of amidine groups is 1. The van der Waals surface area contributed by atoms with Crippen LogP contribution in [0.3, 0.4) is 0 Å². The van der Waals surface area contributed by atoms with Gasteiger partial charge in [0.05, 0.1) is 11.8 Å². The first-order valence-corrected chi connectivity index (χ1v) is 12.5. The molecule has 2 aliphatic rings. The zero-order chi connectivity index (χ0) is 24.4. The number of nitrogens with one attached hydrogen (secondary N) is 1. The lowest BCUT2D eigenvalue weighted by Crippen LogP contribution is -2.25. The van der Waals surface area contributed by atoms with Gasteiger partial charge in [-0.25, -0.2) is 5.01 Å². The van der Waals surface area contributed by atoms with Gasteiger partial charge in [0.25, 0.3) is 5.91 Å². The number of carbonyl (C=O) groups excluding carboxylic acids is 2. The first-order valence-electron chi connectivity index (χ1n) is 11.6. The second kappa shape index (κ2) is 9.88. The van der Waals surface area contributed by atoms with E-state index in [0.29, 0.717) is 17.3 Å². The molecule has 5 rings (SSSR count). The second-order valence-electron chi connectivity index (χ2n) is 8.85. The number of hydrogen-bond acceptors (Lipinski definition) is 5. The van der Waals surface area contributed by atoms with Crippen molar-refractivity contribution in [3.63, 3.8) is 0 Å². The van der Waals surface area contributed by atoms with Crippen LogP contribution in [0.1, 0.15) is 41.1 Å². The minimum Gasteiger partial charge on any atom is -0.326 e. The molecule has 2 atom stereocenters. The molecule has 0 fully saturated rings.